The van der Waals surface area contributed by atoms with Crippen molar-refractivity contribution < 1.29 is 9.53 Å². The third-order valence-electron chi connectivity index (χ3n) is 4.98. The fourth-order valence-corrected chi connectivity index (χ4v) is 3.75. The molecule has 4 atom stereocenters. The molecule has 2 saturated carbocycles. The molecule has 4 unspecified atom stereocenters. The molecule has 3 fully saturated rings. The van der Waals surface area contributed by atoms with Crippen molar-refractivity contribution in [1.29, 1.82) is 0 Å². The first-order valence-corrected chi connectivity index (χ1v) is 7.45. The molecule has 2 aliphatic carbocycles. The molecule has 3 N–H and O–H groups in total. The summed E-state index contributed by atoms with van der Waals surface area (Å²) in [6.07, 6.45) is 8.28. The minimum Gasteiger partial charge on any atom is -0.376 e. The number of rotatable bonds is 2. The monoisotopic (exact) mass is 252 g/mol. The van der Waals surface area contributed by atoms with Crippen LogP contribution in [0.25, 0.3) is 0 Å². The van der Waals surface area contributed by atoms with E-state index in [2.05, 4.69) is 5.32 Å². The number of nitrogens with two attached hydrogens (primary N) is 1. The molecule has 1 aliphatic heterocycles. The summed E-state index contributed by atoms with van der Waals surface area (Å²) in [4.78, 5) is 12.3. The molecule has 0 aromatic rings. The van der Waals surface area contributed by atoms with E-state index in [4.69, 9.17) is 10.5 Å². The van der Waals surface area contributed by atoms with E-state index in [1.165, 1.54) is 25.7 Å². The predicted octanol–water partition coefficient (Wildman–Crippen LogP) is 1.19. The molecular weight excluding hydrogens is 228 g/mol. The number of hydrogen-bond donors (Lipinski definition) is 2. The van der Waals surface area contributed by atoms with Gasteiger partial charge < -0.3 is 15.8 Å². The quantitative estimate of drug-likeness (QED) is 0.726. The lowest BCUT2D eigenvalue weighted by molar-refractivity contribution is -0.130. The van der Waals surface area contributed by atoms with Crippen molar-refractivity contribution in [2.24, 2.45) is 17.6 Å². The average Bonchev–Trinajstić information content (AvgIpc) is 2.62. The van der Waals surface area contributed by atoms with Crippen LogP contribution in [0.3, 0.4) is 0 Å². The lowest BCUT2D eigenvalue weighted by Gasteiger charge is -2.46. The molecule has 1 amide bonds. The summed E-state index contributed by atoms with van der Waals surface area (Å²) >= 11 is 0. The minimum absolute atomic E-state index is 0.0632. The standard InChI is InChI=1S/C14H24N2O2/c15-11-10-7-8-18-13(10)12(11)16-14(17)9-5-3-1-2-4-6-9/h9-13H,1-8,15H2,(H,16,17). The zero-order valence-corrected chi connectivity index (χ0v) is 10.9. The normalized spacial score (nSPS) is 40.7. The number of amides is 1. The van der Waals surface area contributed by atoms with Gasteiger partial charge in [0.15, 0.2) is 0 Å². The van der Waals surface area contributed by atoms with E-state index in [0.717, 1.165) is 25.9 Å². The molecule has 0 bridgehead atoms. The van der Waals surface area contributed by atoms with E-state index >= 15 is 0 Å². The molecule has 1 saturated heterocycles. The Morgan fingerprint density at radius 2 is 1.83 bits per heavy atom. The lowest BCUT2D eigenvalue weighted by Crippen LogP contribution is -2.69. The van der Waals surface area contributed by atoms with Crippen LogP contribution in [0.1, 0.15) is 44.9 Å². The van der Waals surface area contributed by atoms with Gasteiger partial charge in [-0.1, -0.05) is 25.7 Å². The van der Waals surface area contributed by atoms with Gasteiger partial charge in [-0.15, -0.1) is 0 Å². The third-order valence-corrected chi connectivity index (χ3v) is 4.98. The van der Waals surface area contributed by atoms with Crippen LogP contribution in [-0.2, 0) is 9.53 Å². The Labute approximate surface area is 109 Å². The zero-order chi connectivity index (χ0) is 12.5. The van der Waals surface area contributed by atoms with Crippen LogP contribution in [0.4, 0.5) is 0 Å². The molecule has 0 aromatic carbocycles. The topological polar surface area (TPSA) is 64.3 Å². The summed E-state index contributed by atoms with van der Waals surface area (Å²) in [6, 6.07) is 0.167. The first-order valence-electron chi connectivity index (χ1n) is 7.45. The summed E-state index contributed by atoms with van der Waals surface area (Å²) in [5.74, 6) is 0.899. The number of carbonyl (C=O) groups excluding carboxylic acids is 1. The van der Waals surface area contributed by atoms with Crippen molar-refractivity contribution in [3.63, 3.8) is 0 Å². The molecule has 3 aliphatic rings. The van der Waals surface area contributed by atoms with E-state index in [0.29, 0.717) is 5.92 Å². The highest BCUT2D eigenvalue weighted by molar-refractivity contribution is 5.79. The molecule has 4 nitrogen and oxygen atoms in total. The van der Waals surface area contributed by atoms with E-state index in [-0.39, 0.29) is 30.0 Å². The molecule has 102 valence electrons. The van der Waals surface area contributed by atoms with E-state index in [9.17, 15) is 4.79 Å². The molecule has 4 heteroatoms. The predicted molar refractivity (Wildman–Crippen MR) is 68.9 cm³/mol. The fraction of sp³-hybridized carbons (Fsp3) is 0.929. The van der Waals surface area contributed by atoms with Crippen LogP contribution in [0.5, 0.6) is 0 Å². The van der Waals surface area contributed by atoms with Gasteiger partial charge in [-0.05, 0) is 19.3 Å². The number of nitrogens with one attached hydrogen (secondary N) is 1. The maximum atomic E-state index is 12.3. The van der Waals surface area contributed by atoms with Gasteiger partial charge in [0.25, 0.3) is 0 Å². The SMILES string of the molecule is NC1C2CCOC2C1NC(=O)C1CCCCCC1. The molecule has 0 spiro atoms. The van der Waals surface area contributed by atoms with Crippen LogP contribution in [0, 0.1) is 11.8 Å². The summed E-state index contributed by atoms with van der Waals surface area (Å²) < 4.78 is 5.65. The van der Waals surface area contributed by atoms with Crippen molar-refractivity contribution in [3.8, 4) is 0 Å². The highest BCUT2D eigenvalue weighted by Crippen LogP contribution is 2.38. The number of hydrogen-bond acceptors (Lipinski definition) is 3. The summed E-state index contributed by atoms with van der Waals surface area (Å²) in [5.41, 5.74) is 6.12. The third kappa shape index (κ3) is 2.16. The first kappa shape index (κ1) is 12.4. The Balaban J connectivity index is 1.54. The van der Waals surface area contributed by atoms with Crippen molar-refractivity contribution in [2.75, 3.05) is 6.61 Å². The first-order chi connectivity index (χ1) is 8.77. The Hall–Kier alpha value is -0.610. The maximum Gasteiger partial charge on any atom is 0.223 e. The second-order valence-corrected chi connectivity index (χ2v) is 6.09. The van der Waals surface area contributed by atoms with Gasteiger partial charge in [-0.2, -0.15) is 0 Å². The van der Waals surface area contributed by atoms with Gasteiger partial charge in [-0.25, -0.2) is 0 Å². The van der Waals surface area contributed by atoms with Crippen LogP contribution in [-0.4, -0.2) is 30.7 Å². The van der Waals surface area contributed by atoms with Crippen molar-refractivity contribution in [3.05, 3.63) is 0 Å². The van der Waals surface area contributed by atoms with E-state index in [1.54, 1.807) is 0 Å². The summed E-state index contributed by atoms with van der Waals surface area (Å²) in [5, 5.41) is 3.15. The van der Waals surface area contributed by atoms with Gasteiger partial charge in [0.1, 0.15) is 0 Å². The van der Waals surface area contributed by atoms with Crippen LogP contribution < -0.4 is 11.1 Å². The smallest absolute Gasteiger partial charge is 0.223 e. The highest BCUT2D eigenvalue weighted by atomic mass is 16.5. The molecule has 0 radical (unpaired) electrons. The van der Waals surface area contributed by atoms with Gasteiger partial charge >= 0.3 is 0 Å². The molecular formula is C14H24N2O2. The Morgan fingerprint density at radius 3 is 2.56 bits per heavy atom. The van der Waals surface area contributed by atoms with Crippen molar-refractivity contribution in [2.45, 2.75) is 63.1 Å². The molecule has 0 aromatic heterocycles. The summed E-state index contributed by atoms with van der Waals surface area (Å²) in [6.45, 7) is 0.804. The van der Waals surface area contributed by atoms with Gasteiger partial charge in [0.05, 0.1) is 12.1 Å². The van der Waals surface area contributed by atoms with E-state index in [1.807, 2.05) is 0 Å². The average molecular weight is 252 g/mol. The number of fused-ring (bicyclic) bond motifs is 1. The van der Waals surface area contributed by atoms with E-state index < -0.39 is 0 Å². The van der Waals surface area contributed by atoms with Gasteiger partial charge in [0, 0.05) is 24.5 Å². The zero-order valence-electron chi connectivity index (χ0n) is 10.9. The van der Waals surface area contributed by atoms with Gasteiger partial charge in [0.2, 0.25) is 5.91 Å². The second kappa shape index (κ2) is 5.17. The van der Waals surface area contributed by atoms with Crippen LogP contribution in [0.15, 0.2) is 0 Å². The van der Waals surface area contributed by atoms with Crippen molar-refractivity contribution in [1.82, 2.24) is 5.32 Å². The summed E-state index contributed by atoms with van der Waals surface area (Å²) in [7, 11) is 0. The number of ether oxygens (including phenoxy) is 1. The van der Waals surface area contributed by atoms with Crippen LogP contribution >= 0.6 is 0 Å². The largest absolute Gasteiger partial charge is 0.376 e. The van der Waals surface area contributed by atoms with Crippen LogP contribution in [0.2, 0.25) is 0 Å². The highest BCUT2D eigenvalue weighted by Gasteiger charge is 2.52. The van der Waals surface area contributed by atoms with Gasteiger partial charge in [-0.3, -0.25) is 4.79 Å². The maximum absolute atomic E-state index is 12.3. The Bertz CT molecular complexity index is 313. The molecule has 1 heterocycles. The second-order valence-electron chi connectivity index (χ2n) is 6.09. The molecule has 3 rings (SSSR count). The Morgan fingerprint density at radius 1 is 1.11 bits per heavy atom. The fourth-order valence-electron chi connectivity index (χ4n) is 3.75. The van der Waals surface area contributed by atoms with Crippen molar-refractivity contribution >= 4 is 5.91 Å². The minimum atomic E-state index is 0.0632. The number of carbonyl (C=O) groups is 1. The lowest BCUT2D eigenvalue weighted by atomic mass is 9.72. The molecule has 18 heavy (non-hydrogen) atoms. The Kier molecular flexibility index (Phi) is 3.57.